The number of amides is 1. The molecule has 3 saturated carbocycles. The van der Waals surface area contributed by atoms with Crippen molar-refractivity contribution in [3.05, 3.63) is 36.0 Å². The molecule has 1 unspecified atom stereocenters. The third kappa shape index (κ3) is 4.22. The van der Waals surface area contributed by atoms with Crippen molar-refractivity contribution in [2.24, 2.45) is 33.7 Å². The first-order valence-electron chi connectivity index (χ1n) is 14.8. The van der Waals surface area contributed by atoms with Crippen molar-refractivity contribution in [3.63, 3.8) is 0 Å². The van der Waals surface area contributed by atoms with Crippen LogP contribution in [-0.2, 0) is 9.53 Å². The number of allylic oxidation sites excluding steroid dienone is 5. The van der Waals surface area contributed by atoms with E-state index in [1.54, 1.807) is 39.0 Å². The number of fused-ring (bicyclic) bond motifs is 5. The summed E-state index contributed by atoms with van der Waals surface area (Å²) in [6.45, 7) is 4.53. The van der Waals surface area contributed by atoms with Gasteiger partial charge in [0.1, 0.15) is 18.3 Å². The number of hydrazone groups is 1. The summed E-state index contributed by atoms with van der Waals surface area (Å²) in [5.41, 5.74) is -2.31. The number of nitrogens with one attached hydrogen (secondary N) is 1. The molecule has 1 amide bonds. The monoisotopic (exact) mass is 558 g/mol. The van der Waals surface area contributed by atoms with E-state index in [-0.39, 0.29) is 18.4 Å². The molecule has 40 heavy (non-hydrogen) atoms. The summed E-state index contributed by atoms with van der Waals surface area (Å²) in [7, 11) is 0. The highest BCUT2D eigenvalue weighted by Crippen LogP contribution is 2.70. The number of alkyl halides is 1. The van der Waals surface area contributed by atoms with Crippen LogP contribution in [0.15, 0.2) is 41.1 Å². The molecule has 0 radical (unpaired) electrons. The third-order valence-electron chi connectivity index (χ3n) is 11.0. The fourth-order valence-corrected chi connectivity index (χ4v) is 8.84. The Labute approximate surface area is 235 Å². The van der Waals surface area contributed by atoms with Crippen LogP contribution in [0.1, 0.15) is 78.6 Å². The predicted molar refractivity (Wildman–Crippen MR) is 148 cm³/mol. The number of rotatable bonds is 4. The van der Waals surface area contributed by atoms with E-state index >= 15 is 4.39 Å². The first kappa shape index (κ1) is 29.1. The highest BCUT2D eigenvalue weighted by Gasteiger charge is 2.75. The Bertz CT molecular complexity index is 1170. The first-order chi connectivity index (χ1) is 18.9. The second-order valence-electron chi connectivity index (χ2n) is 13.0. The number of carbonyl (C=O) groups is 2. The number of ketones is 1. The molecule has 220 valence electrons. The van der Waals surface area contributed by atoms with Crippen molar-refractivity contribution in [1.29, 1.82) is 0 Å². The van der Waals surface area contributed by atoms with Crippen LogP contribution >= 0.6 is 0 Å². The van der Waals surface area contributed by atoms with Gasteiger partial charge in [0.25, 0.3) is 0 Å². The fraction of sp³-hybridized carbons (Fsp3) is 0.710. The molecule has 5 aliphatic rings. The summed E-state index contributed by atoms with van der Waals surface area (Å²) in [4.78, 5) is 25.2. The molecule has 5 aliphatic carbocycles. The molecule has 3 fully saturated rings. The molecule has 0 saturated heterocycles. The van der Waals surface area contributed by atoms with E-state index in [1.165, 1.54) is 0 Å². The molecule has 0 bridgehead atoms. The zero-order valence-electron chi connectivity index (χ0n) is 23.7. The van der Waals surface area contributed by atoms with Gasteiger partial charge in [-0.25, -0.2) is 14.6 Å². The number of nitrogens with zero attached hydrogens (tertiary/aromatic N) is 1. The van der Waals surface area contributed by atoms with E-state index in [0.717, 1.165) is 37.7 Å². The maximum absolute atomic E-state index is 17.5. The van der Waals surface area contributed by atoms with Gasteiger partial charge >= 0.3 is 6.09 Å². The minimum Gasteiger partial charge on any atom is -0.441 e. The van der Waals surface area contributed by atoms with Crippen LogP contribution in [0.5, 0.6) is 0 Å². The highest BCUT2D eigenvalue weighted by atomic mass is 19.1. The van der Waals surface area contributed by atoms with Crippen LogP contribution in [-0.4, -0.2) is 63.0 Å². The molecule has 4 N–H and O–H groups in total. The van der Waals surface area contributed by atoms with Gasteiger partial charge in [-0.15, -0.1) is 0 Å². The van der Waals surface area contributed by atoms with Gasteiger partial charge in [0, 0.05) is 16.7 Å². The topological polar surface area (TPSA) is 128 Å². The molecule has 9 heteroatoms. The van der Waals surface area contributed by atoms with E-state index in [9.17, 15) is 24.9 Å². The van der Waals surface area contributed by atoms with Gasteiger partial charge in [-0.05, 0) is 88.4 Å². The lowest BCUT2D eigenvalue weighted by atomic mass is 9.44. The van der Waals surface area contributed by atoms with Gasteiger partial charge in [0.05, 0.1) is 11.8 Å². The van der Waals surface area contributed by atoms with Crippen molar-refractivity contribution >= 4 is 17.6 Å². The second-order valence-corrected chi connectivity index (χ2v) is 13.0. The lowest BCUT2D eigenvalue weighted by Crippen LogP contribution is -2.69. The van der Waals surface area contributed by atoms with Gasteiger partial charge in [-0.2, -0.15) is 5.10 Å². The van der Waals surface area contributed by atoms with Gasteiger partial charge in [-0.1, -0.05) is 38.0 Å². The van der Waals surface area contributed by atoms with Gasteiger partial charge in [0.2, 0.25) is 0 Å². The maximum Gasteiger partial charge on any atom is 0.428 e. The number of hydrogen-bond donors (Lipinski definition) is 4. The number of aliphatic hydroxyl groups is 3. The number of aliphatic hydroxyl groups excluding tert-OH is 2. The third-order valence-corrected chi connectivity index (χ3v) is 11.0. The molecule has 0 spiro atoms. The van der Waals surface area contributed by atoms with Crippen LogP contribution in [0.3, 0.4) is 0 Å². The number of halogens is 1. The minimum absolute atomic E-state index is 0.0854. The summed E-state index contributed by atoms with van der Waals surface area (Å²) in [6.07, 6.45) is 13.1. The number of ether oxygens (including phenoxy) is 1. The van der Waals surface area contributed by atoms with Gasteiger partial charge in [0.15, 0.2) is 11.5 Å². The first-order valence-corrected chi connectivity index (χ1v) is 14.8. The Balaban J connectivity index is 1.35. The Hall–Kier alpha value is -2.36. The number of carbonyl (C=O) groups excluding carboxylic acids is 2. The standard InChI is InChI=1S/C31H43FN2O6/c1-19-15-24-23-12-11-20-16-21(33-34-27(38)40-22-9-7-5-4-6-8-10-22)13-14-28(20,2)30(23,32)25(36)17-29(24,3)31(19,39)26(37)18-35/h7,9,13-14,16,19,22-25,35-36,39H,4-6,8,10-12,15,17-18H2,1-3H3,(H,34,38)/b9-7?,33-21+/t19-,22?,23+,24+,25+,28+,29+,30+,31+/m1/s1. The number of hydrogen-bond acceptors (Lipinski definition) is 7. The molecule has 0 heterocycles. The van der Waals surface area contributed by atoms with E-state index in [4.69, 9.17) is 4.74 Å². The SMILES string of the molecule is C[C@@H]1C[C@H]2[C@@H]3CCC4=C/C(=N/NC(=O)OC5C=CCCCCC5)C=C[C@]4(C)[C@@]3(F)[C@@H](O)C[C@]2(C)[C@@]1(O)C(=O)CO. The van der Waals surface area contributed by atoms with Crippen molar-refractivity contribution in [3.8, 4) is 0 Å². The van der Waals surface area contributed by atoms with Crippen LogP contribution in [0.25, 0.3) is 0 Å². The van der Waals surface area contributed by atoms with E-state index in [1.807, 2.05) is 12.2 Å². The molecule has 0 aliphatic heterocycles. The van der Waals surface area contributed by atoms with E-state index in [0.29, 0.717) is 25.0 Å². The molecular formula is C31H43FN2O6. The lowest BCUT2D eigenvalue weighted by Gasteiger charge is -2.62. The number of Topliss-reactive ketones (excluding diaryl/α,β-unsaturated/α-hetero) is 1. The Morgan fingerprint density at radius 2 is 1.98 bits per heavy atom. The van der Waals surface area contributed by atoms with E-state index in [2.05, 4.69) is 10.5 Å². The zero-order chi connectivity index (χ0) is 28.9. The Morgan fingerprint density at radius 3 is 2.73 bits per heavy atom. The quantitative estimate of drug-likeness (QED) is 0.301. The molecular weight excluding hydrogens is 515 g/mol. The molecule has 9 atom stereocenters. The average molecular weight is 559 g/mol. The minimum atomic E-state index is -2.02. The van der Waals surface area contributed by atoms with Gasteiger partial charge in [-0.3, -0.25) is 4.79 Å². The maximum atomic E-state index is 17.5. The van der Waals surface area contributed by atoms with E-state index < -0.39 is 58.5 Å². The highest BCUT2D eigenvalue weighted by molar-refractivity contribution is 6.06. The molecule has 0 aromatic rings. The molecule has 0 aromatic heterocycles. The fourth-order valence-electron chi connectivity index (χ4n) is 8.84. The molecule has 0 aromatic carbocycles. The van der Waals surface area contributed by atoms with Crippen molar-refractivity contribution in [1.82, 2.24) is 5.43 Å². The summed E-state index contributed by atoms with van der Waals surface area (Å²) in [5.74, 6) is -2.05. The summed E-state index contributed by atoms with van der Waals surface area (Å²) in [5, 5.41) is 36.9. The van der Waals surface area contributed by atoms with Crippen LogP contribution in [0, 0.1) is 28.6 Å². The average Bonchev–Trinajstić information content (AvgIpc) is 3.10. The predicted octanol–water partition coefficient (Wildman–Crippen LogP) is 4.30. The van der Waals surface area contributed by atoms with Crippen molar-refractivity contribution < 1.29 is 34.0 Å². The van der Waals surface area contributed by atoms with Crippen molar-refractivity contribution in [2.45, 2.75) is 102 Å². The van der Waals surface area contributed by atoms with Crippen LogP contribution < -0.4 is 5.43 Å². The van der Waals surface area contributed by atoms with Gasteiger partial charge < -0.3 is 20.1 Å². The summed E-state index contributed by atoms with van der Waals surface area (Å²) >= 11 is 0. The van der Waals surface area contributed by atoms with Crippen LogP contribution in [0.4, 0.5) is 9.18 Å². The zero-order valence-corrected chi connectivity index (χ0v) is 23.7. The van der Waals surface area contributed by atoms with Crippen LogP contribution in [0.2, 0.25) is 0 Å². The lowest BCUT2D eigenvalue weighted by molar-refractivity contribution is -0.219. The second kappa shape index (κ2) is 10.5. The Kier molecular flexibility index (Phi) is 7.64. The van der Waals surface area contributed by atoms with Crippen molar-refractivity contribution in [2.75, 3.05) is 6.61 Å². The summed E-state index contributed by atoms with van der Waals surface area (Å²) in [6, 6.07) is 0. The smallest absolute Gasteiger partial charge is 0.428 e. The molecule has 5 rings (SSSR count). The largest absolute Gasteiger partial charge is 0.441 e. The Morgan fingerprint density at radius 1 is 1.20 bits per heavy atom. The normalized spacial score (nSPS) is 45.4. The molecule has 8 nitrogen and oxygen atoms in total. The summed E-state index contributed by atoms with van der Waals surface area (Å²) < 4.78 is 23.0.